The summed E-state index contributed by atoms with van der Waals surface area (Å²) in [7, 11) is 7.08. The molecule has 6 amide bonds. The van der Waals surface area contributed by atoms with Crippen molar-refractivity contribution in [2.75, 3.05) is 61.0 Å². The molecule has 2 unspecified atom stereocenters. The van der Waals surface area contributed by atoms with Crippen LogP contribution in [0.5, 0.6) is 0 Å². The molecule has 33 heavy (non-hydrogen) atoms. The van der Waals surface area contributed by atoms with Gasteiger partial charge in [-0.1, -0.05) is 0 Å². The van der Waals surface area contributed by atoms with Crippen LogP contribution in [-0.4, -0.2) is 148 Å². The summed E-state index contributed by atoms with van der Waals surface area (Å²) in [6, 6.07) is -1.27. The highest BCUT2D eigenvalue weighted by Gasteiger charge is 2.57. The summed E-state index contributed by atoms with van der Waals surface area (Å²) >= 11 is 0. The van der Waals surface area contributed by atoms with Crippen LogP contribution >= 0.6 is 0 Å². The average Bonchev–Trinajstić information content (AvgIpc) is 2.91. The van der Waals surface area contributed by atoms with Crippen molar-refractivity contribution >= 4 is 23.9 Å². The van der Waals surface area contributed by atoms with E-state index in [2.05, 4.69) is 0 Å². The lowest BCUT2D eigenvalue weighted by molar-refractivity contribution is -0.134. The number of imide groups is 2. The summed E-state index contributed by atoms with van der Waals surface area (Å²) in [6.45, 7) is 6.19. The molecule has 188 valence electrons. The van der Waals surface area contributed by atoms with Gasteiger partial charge in [-0.3, -0.25) is 29.2 Å². The van der Waals surface area contributed by atoms with Crippen LogP contribution in [0.25, 0.3) is 0 Å². The molecule has 2 heterocycles. The molecule has 0 aromatic carbocycles. The molecule has 0 bridgehead atoms. The summed E-state index contributed by atoms with van der Waals surface area (Å²) in [5.74, 6) is -0.973. The normalized spacial score (nSPS) is 22.4. The molecule has 2 N–H and O–H groups in total. The summed E-state index contributed by atoms with van der Waals surface area (Å²) in [4.78, 5) is 60.2. The zero-order valence-corrected chi connectivity index (χ0v) is 20.9. The lowest BCUT2D eigenvalue weighted by Gasteiger charge is -2.36. The van der Waals surface area contributed by atoms with Crippen molar-refractivity contribution in [1.29, 1.82) is 0 Å². The molecular weight excluding hydrogens is 432 g/mol. The third-order valence-electron chi connectivity index (χ3n) is 6.03. The van der Waals surface area contributed by atoms with Gasteiger partial charge in [0.15, 0.2) is 0 Å². The van der Waals surface area contributed by atoms with Gasteiger partial charge in [-0.25, -0.2) is 9.59 Å². The van der Waals surface area contributed by atoms with Gasteiger partial charge in [-0.15, -0.1) is 0 Å². The van der Waals surface area contributed by atoms with Gasteiger partial charge in [0.05, 0.1) is 25.3 Å². The highest BCUT2D eigenvalue weighted by molar-refractivity contribution is 6.08. The maximum Gasteiger partial charge on any atom is 0.329 e. The first-order valence-corrected chi connectivity index (χ1v) is 10.9. The fraction of sp³-hybridized carbons (Fsp3) is 0.810. The Kier molecular flexibility index (Phi) is 7.79. The van der Waals surface area contributed by atoms with Crippen LogP contribution in [0.15, 0.2) is 0 Å². The first kappa shape index (κ1) is 27.0. The van der Waals surface area contributed by atoms with E-state index in [9.17, 15) is 29.4 Å². The molecule has 0 aromatic heterocycles. The number of nitrogens with zero attached hydrogens (tertiary/aromatic N) is 6. The molecule has 0 saturated carbocycles. The summed E-state index contributed by atoms with van der Waals surface area (Å²) in [6.07, 6.45) is -1.85. The highest BCUT2D eigenvalue weighted by atomic mass is 16.3. The van der Waals surface area contributed by atoms with Gasteiger partial charge >= 0.3 is 12.1 Å². The Bertz CT molecular complexity index is 734. The van der Waals surface area contributed by atoms with E-state index in [1.54, 1.807) is 65.7 Å². The number of β-amino-alcohol motifs (C(OH)–C–C–N with tert-alkyl or cyclic N) is 2. The third-order valence-corrected chi connectivity index (χ3v) is 6.03. The van der Waals surface area contributed by atoms with Crippen LogP contribution in [0, 0.1) is 0 Å². The molecule has 2 aliphatic rings. The molecule has 0 radical (unpaired) electrons. The molecule has 2 saturated heterocycles. The fourth-order valence-corrected chi connectivity index (χ4v) is 4.15. The van der Waals surface area contributed by atoms with Crippen LogP contribution in [0.3, 0.4) is 0 Å². The number of amides is 6. The summed E-state index contributed by atoms with van der Waals surface area (Å²) in [5.41, 5.74) is -2.54. The summed E-state index contributed by atoms with van der Waals surface area (Å²) in [5, 5.41) is 20.5. The second-order valence-corrected chi connectivity index (χ2v) is 10.3. The van der Waals surface area contributed by atoms with Crippen LogP contribution in [0.4, 0.5) is 9.59 Å². The van der Waals surface area contributed by atoms with E-state index in [1.165, 1.54) is 9.80 Å². The van der Waals surface area contributed by atoms with Crippen LogP contribution in [0.1, 0.15) is 27.7 Å². The minimum atomic E-state index is -1.27. The van der Waals surface area contributed by atoms with E-state index in [0.29, 0.717) is 0 Å². The molecular formula is C21H38N6O6. The number of carbonyl (C=O) groups is 4. The van der Waals surface area contributed by atoms with E-state index in [1.807, 2.05) is 0 Å². The number of urea groups is 2. The Morgan fingerprint density at radius 1 is 0.697 bits per heavy atom. The lowest BCUT2D eigenvalue weighted by Crippen LogP contribution is -2.55. The quantitative estimate of drug-likeness (QED) is 0.384. The van der Waals surface area contributed by atoms with E-state index in [0.717, 1.165) is 9.80 Å². The number of carbonyl (C=O) groups excluding carboxylic acids is 4. The number of hydrogen-bond acceptors (Lipinski definition) is 8. The number of aliphatic hydroxyl groups excluding tert-OH is 2. The molecule has 2 aliphatic heterocycles. The molecule has 12 heteroatoms. The van der Waals surface area contributed by atoms with Gasteiger partial charge in [0.25, 0.3) is 11.8 Å². The Balaban J connectivity index is 2.23. The Morgan fingerprint density at radius 2 is 1.00 bits per heavy atom. The number of hydrogen-bond donors (Lipinski definition) is 2. The minimum Gasteiger partial charge on any atom is -0.390 e. The van der Waals surface area contributed by atoms with E-state index < -0.39 is 47.2 Å². The molecule has 0 spiro atoms. The van der Waals surface area contributed by atoms with Crippen molar-refractivity contribution in [2.24, 2.45) is 0 Å². The molecule has 2 rings (SSSR count). The molecule has 12 nitrogen and oxygen atoms in total. The van der Waals surface area contributed by atoms with Crippen molar-refractivity contribution in [3.05, 3.63) is 0 Å². The van der Waals surface area contributed by atoms with Gasteiger partial charge in [-0.05, 0) is 55.9 Å². The van der Waals surface area contributed by atoms with Crippen LogP contribution < -0.4 is 0 Å². The zero-order chi connectivity index (χ0) is 25.5. The monoisotopic (exact) mass is 470 g/mol. The molecule has 2 fully saturated rings. The zero-order valence-electron chi connectivity index (χ0n) is 20.9. The highest BCUT2D eigenvalue weighted by Crippen LogP contribution is 2.33. The Hall–Kier alpha value is -2.28. The van der Waals surface area contributed by atoms with E-state index in [-0.39, 0.29) is 32.8 Å². The SMILES string of the molecule is CN(C)CC(O)CN1C(=O)N(CN2C(=O)N(CC(O)CN(C)C)C(=O)C2(C)C)C(C)(C)C1=O. The maximum atomic E-state index is 13.1. The molecule has 2 atom stereocenters. The predicted molar refractivity (Wildman–Crippen MR) is 120 cm³/mol. The van der Waals surface area contributed by atoms with Crippen LogP contribution in [0.2, 0.25) is 0 Å². The van der Waals surface area contributed by atoms with E-state index in [4.69, 9.17) is 0 Å². The van der Waals surface area contributed by atoms with Crippen molar-refractivity contribution in [3.63, 3.8) is 0 Å². The van der Waals surface area contributed by atoms with Gasteiger partial charge in [0.1, 0.15) is 17.7 Å². The van der Waals surface area contributed by atoms with Gasteiger partial charge in [0.2, 0.25) is 0 Å². The average molecular weight is 471 g/mol. The van der Waals surface area contributed by atoms with Gasteiger partial charge in [0, 0.05) is 13.1 Å². The topological polar surface area (TPSA) is 128 Å². The van der Waals surface area contributed by atoms with Crippen molar-refractivity contribution in [2.45, 2.75) is 51.0 Å². The van der Waals surface area contributed by atoms with E-state index >= 15 is 0 Å². The molecule has 0 aliphatic carbocycles. The van der Waals surface area contributed by atoms with Crippen molar-refractivity contribution < 1.29 is 29.4 Å². The van der Waals surface area contributed by atoms with Gasteiger partial charge in [-0.2, -0.15) is 0 Å². The third kappa shape index (κ3) is 5.29. The smallest absolute Gasteiger partial charge is 0.329 e. The first-order chi connectivity index (χ1) is 15.0. The minimum absolute atomic E-state index is 0.172. The number of rotatable bonds is 10. The molecule has 0 aromatic rings. The lowest BCUT2D eigenvalue weighted by atomic mass is 10.0. The second kappa shape index (κ2) is 9.53. The first-order valence-electron chi connectivity index (χ1n) is 10.9. The Morgan fingerprint density at radius 3 is 1.27 bits per heavy atom. The summed E-state index contributed by atoms with van der Waals surface area (Å²) < 4.78 is 0. The maximum absolute atomic E-state index is 13.1. The fourth-order valence-electron chi connectivity index (χ4n) is 4.15. The standard InChI is InChI=1S/C21H38N6O6/c1-20(2)16(30)24(11-14(28)9-22(5)6)18(32)26(20)13-27-19(33)25(17(31)21(27,3)4)12-15(29)10-23(7)8/h14-15,28-29H,9-13H2,1-8H3. The van der Waals surface area contributed by atoms with Crippen LogP contribution in [-0.2, 0) is 9.59 Å². The van der Waals surface area contributed by atoms with Crippen molar-refractivity contribution in [1.82, 2.24) is 29.4 Å². The second-order valence-electron chi connectivity index (χ2n) is 10.3. The predicted octanol–water partition coefficient (Wildman–Crippen LogP) is -1.13. The number of likely N-dealkylation sites (N-methyl/N-ethyl adjacent to an activating group) is 2. The van der Waals surface area contributed by atoms with Gasteiger partial charge < -0.3 is 20.0 Å². The number of aliphatic hydroxyl groups is 2. The Labute approximate surface area is 195 Å². The largest absolute Gasteiger partial charge is 0.390 e. The van der Waals surface area contributed by atoms with Crippen molar-refractivity contribution in [3.8, 4) is 0 Å².